The minimum Gasteiger partial charge on any atom is -0.306 e. The van der Waals surface area contributed by atoms with Gasteiger partial charge in [-0.2, -0.15) is 0 Å². The van der Waals surface area contributed by atoms with Crippen LogP contribution in [0, 0.1) is 5.41 Å². The summed E-state index contributed by atoms with van der Waals surface area (Å²) in [4.78, 5) is 0. The summed E-state index contributed by atoms with van der Waals surface area (Å²) >= 11 is 0. The molecule has 2 unspecified atom stereocenters. The fourth-order valence-corrected chi connectivity index (χ4v) is 5.09. The third-order valence-corrected chi connectivity index (χ3v) is 7.60. The molecule has 0 saturated heterocycles. The summed E-state index contributed by atoms with van der Waals surface area (Å²) in [7, 11) is 2.41. The Morgan fingerprint density at radius 2 is 1.32 bits per heavy atom. The largest absolute Gasteiger partial charge is 0.306 e. The van der Waals surface area contributed by atoms with E-state index in [1.165, 1.54) is 95.5 Å². The molecule has 0 fully saturated rings. The number of nitrogens with zero attached hydrogens (tertiary/aromatic N) is 1. The summed E-state index contributed by atoms with van der Waals surface area (Å²) in [6.07, 6.45) is 24.1. The number of hydrogen-bond donors (Lipinski definition) is 3. The second-order valence-electron chi connectivity index (χ2n) is 10.9. The molecule has 0 saturated carbocycles. The zero-order valence-corrected chi connectivity index (χ0v) is 28.3. The Morgan fingerprint density at radius 3 is 1.88 bits per heavy atom. The van der Waals surface area contributed by atoms with Gasteiger partial charge in [-0.3, -0.25) is 5.43 Å². The van der Waals surface area contributed by atoms with Gasteiger partial charge >= 0.3 is 0 Å². The van der Waals surface area contributed by atoms with Crippen molar-refractivity contribution in [2.24, 2.45) is 0 Å². The lowest BCUT2D eigenvalue weighted by Gasteiger charge is -2.44. The molecule has 0 bridgehead atoms. The molecule has 0 spiro atoms. The molecule has 1 aliphatic rings. The zero-order valence-electron chi connectivity index (χ0n) is 28.3. The molecule has 0 radical (unpaired) electrons. The van der Waals surface area contributed by atoms with E-state index >= 15 is 0 Å². The van der Waals surface area contributed by atoms with Crippen LogP contribution >= 0.6 is 0 Å². The molecule has 2 atom stereocenters. The maximum Gasteiger partial charge on any atom is 0.155 e. The highest BCUT2D eigenvalue weighted by Crippen LogP contribution is 2.27. The van der Waals surface area contributed by atoms with E-state index in [-0.39, 0.29) is 0 Å². The fourth-order valence-electron chi connectivity index (χ4n) is 5.09. The van der Waals surface area contributed by atoms with Gasteiger partial charge in [0.15, 0.2) is 6.17 Å². The number of likely N-dealkylation sites (N-methyl/N-ethyl adjacent to an activating group) is 1. The first kappa shape index (κ1) is 43.0. The molecule has 236 valence electrons. The standard InChI is InChI=1S/C30H59N4.C2H6.2C2H4/c1-6-9-12-14-15-17-19-23-30(33-32-24-11-8-3)34(5)25-20-21-28(26-34)27(4)29(31)22-18-16-13-10-7-2;3*1-2/h21,30-33H,4,6-20,22-26H2,1-3,5H3;1-2H3;2*1-2H2/q+1;;;. The first-order chi connectivity index (χ1) is 19.5. The Hall–Kier alpha value is -1.49. The van der Waals surface area contributed by atoms with Gasteiger partial charge in [0.2, 0.25) is 0 Å². The molecule has 4 nitrogen and oxygen atoms in total. The van der Waals surface area contributed by atoms with E-state index < -0.39 is 0 Å². The minimum absolute atomic E-state index is 0.409. The Morgan fingerprint density at radius 1 is 0.825 bits per heavy atom. The van der Waals surface area contributed by atoms with Crippen LogP contribution in [-0.4, -0.2) is 43.0 Å². The van der Waals surface area contributed by atoms with Crippen LogP contribution in [-0.2, 0) is 0 Å². The lowest BCUT2D eigenvalue weighted by molar-refractivity contribution is -0.934. The van der Waals surface area contributed by atoms with Gasteiger partial charge in [0, 0.05) is 30.7 Å². The monoisotopic (exact) mass is 562 g/mol. The van der Waals surface area contributed by atoms with Gasteiger partial charge < -0.3 is 9.89 Å². The number of unbranched alkanes of at least 4 members (excludes halogenated alkanes) is 11. The van der Waals surface area contributed by atoms with Crippen LogP contribution in [0.5, 0.6) is 0 Å². The molecule has 40 heavy (non-hydrogen) atoms. The average molecular weight is 562 g/mol. The Bertz CT molecular complexity index is 610. The molecule has 3 N–H and O–H groups in total. The third-order valence-electron chi connectivity index (χ3n) is 7.60. The van der Waals surface area contributed by atoms with Crippen molar-refractivity contribution in [3.63, 3.8) is 0 Å². The highest BCUT2D eigenvalue weighted by molar-refractivity contribution is 6.01. The van der Waals surface area contributed by atoms with E-state index in [1.807, 2.05) is 13.8 Å². The summed E-state index contributed by atoms with van der Waals surface area (Å²) in [6.45, 7) is 30.3. The van der Waals surface area contributed by atoms with Crippen LogP contribution in [0.1, 0.15) is 144 Å². The molecule has 0 aliphatic carbocycles. The third kappa shape index (κ3) is 21.3. The van der Waals surface area contributed by atoms with E-state index in [9.17, 15) is 0 Å². The van der Waals surface area contributed by atoms with Gasteiger partial charge in [-0.05, 0) is 31.3 Å². The van der Waals surface area contributed by atoms with Crippen LogP contribution < -0.4 is 10.9 Å². The van der Waals surface area contributed by atoms with Crippen molar-refractivity contribution in [3.8, 4) is 0 Å². The van der Waals surface area contributed by atoms with Crippen molar-refractivity contribution in [2.75, 3.05) is 26.7 Å². The number of nitrogens with one attached hydrogen (secondary N) is 3. The molecule has 0 aromatic carbocycles. The number of rotatable bonds is 22. The van der Waals surface area contributed by atoms with Crippen LogP contribution in [0.15, 0.2) is 50.1 Å². The number of hydrogen-bond acceptors (Lipinski definition) is 3. The molecule has 1 aliphatic heterocycles. The van der Waals surface area contributed by atoms with Gasteiger partial charge in [-0.25, -0.2) is 5.43 Å². The van der Waals surface area contributed by atoms with Gasteiger partial charge in [0.05, 0.1) is 13.6 Å². The molecule has 0 aromatic rings. The summed E-state index contributed by atoms with van der Waals surface area (Å²) in [5.41, 5.74) is 10.3. The van der Waals surface area contributed by atoms with Crippen molar-refractivity contribution in [2.45, 2.75) is 150 Å². The second-order valence-corrected chi connectivity index (χ2v) is 10.9. The van der Waals surface area contributed by atoms with E-state index in [0.29, 0.717) is 6.17 Å². The second kappa shape index (κ2) is 32.0. The minimum atomic E-state index is 0.409. The molecule has 0 amide bonds. The topological polar surface area (TPSA) is 47.9 Å². The molecular weight excluding hydrogens is 488 g/mol. The van der Waals surface area contributed by atoms with Crippen molar-refractivity contribution < 1.29 is 4.48 Å². The van der Waals surface area contributed by atoms with Crippen molar-refractivity contribution >= 4 is 5.71 Å². The Labute approximate surface area is 252 Å². The first-order valence-corrected chi connectivity index (χ1v) is 16.8. The van der Waals surface area contributed by atoms with Gasteiger partial charge in [0.1, 0.15) is 6.54 Å². The molecule has 0 aromatic heterocycles. The zero-order chi connectivity index (χ0) is 31.1. The van der Waals surface area contributed by atoms with Gasteiger partial charge in [-0.15, -0.1) is 26.3 Å². The average Bonchev–Trinajstić information content (AvgIpc) is 3.00. The number of quaternary nitrogens is 1. The Kier molecular flexibility index (Phi) is 34.4. The normalized spacial score (nSPS) is 16.6. The summed E-state index contributed by atoms with van der Waals surface area (Å²) in [5, 5.41) is 8.63. The lowest BCUT2D eigenvalue weighted by atomic mass is 9.93. The maximum atomic E-state index is 8.63. The SMILES string of the molecule is C=C.C=C.C=C(C(=N)CCCCCCC)C1=CCC[N+](C)(C(CCCCCCCCC)NNCCCC)C1.CC. The van der Waals surface area contributed by atoms with Crippen molar-refractivity contribution in [1.82, 2.24) is 10.9 Å². The predicted octanol–water partition coefficient (Wildman–Crippen LogP) is 10.7. The number of hydrazine groups is 1. The van der Waals surface area contributed by atoms with Crippen molar-refractivity contribution in [1.29, 1.82) is 5.41 Å². The van der Waals surface area contributed by atoms with Gasteiger partial charge in [-0.1, -0.05) is 118 Å². The highest BCUT2D eigenvalue weighted by Gasteiger charge is 2.35. The molecule has 4 heteroatoms. The van der Waals surface area contributed by atoms with Crippen molar-refractivity contribution in [3.05, 3.63) is 50.1 Å². The van der Waals surface area contributed by atoms with E-state index in [2.05, 4.69) is 77.6 Å². The van der Waals surface area contributed by atoms with E-state index in [4.69, 9.17) is 5.41 Å². The van der Waals surface area contributed by atoms with Crippen LogP contribution in [0.2, 0.25) is 0 Å². The predicted molar refractivity (Wildman–Crippen MR) is 185 cm³/mol. The lowest BCUT2D eigenvalue weighted by Crippen LogP contribution is -2.63. The van der Waals surface area contributed by atoms with Crippen LogP contribution in [0.4, 0.5) is 0 Å². The Balaban J connectivity index is -0.00000213. The van der Waals surface area contributed by atoms with Crippen LogP contribution in [0.25, 0.3) is 0 Å². The molecular formula is C36H73N4+. The highest BCUT2D eigenvalue weighted by atomic mass is 15.5. The molecule has 1 heterocycles. The van der Waals surface area contributed by atoms with Crippen LogP contribution in [0.3, 0.4) is 0 Å². The fraction of sp³-hybridized carbons (Fsp3) is 0.750. The van der Waals surface area contributed by atoms with E-state index in [0.717, 1.165) is 54.7 Å². The smallest absolute Gasteiger partial charge is 0.155 e. The first-order valence-electron chi connectivity index (χ1n) is 16.8. The van der Waals surface area contributed by atoms with Gasteiger partial charge in [0.25, 0.3) is 0 Å². The maximum absolute atomic E-state index is 8.63. The summed E-state index contributed by atoms with van der Waals surface area (Å²) in [6, 6.07) is 0. The summed E-state index contributed by atoms with van der Waals surface area (Å²) < 4.78 is 1.00. The van der Waals surface area contributed by atoms with E-state index in [1.54, 1.807) is 0 Å². The molecule has 1 rings (SSSR count). The quantitative estimate of drug-likeness (QED) is 0.0405. The summed E-state index contributed by atoms with van der Waals surface area (Å²) in [5.74, 6) is 0.